The lowest BCUT2D eigenvalue weighted by Crippen LogP contribution is -2.16. The van der Waals surface area contributed by atoms with E-state index < -0.39 is 0 Å². The molecule has 0 saturated carbocycles. The van der Waals surface area contributed by atoms with Crippen molar-refractivity contribution in [1.29, 1.82) is 0 Å². The highest BCUT2D eigenvalue weighted by atomic mass is 16.5. The zero-order chi connectivity index (χ0) is 20.8. The fourth-order valence-corrected chi connectivity index (χ4v) is 2.87. The number of H-pyrrole nitrogens is 1. The van der Waals surface area contributed by atoms with Gasteiger partial charge in [0, 0.05) is 36.4 Å². The molecule has 0 spiro atoms. The molecular weight excluding hydrogens is 380 g/mol. The van der Waals surface area contributed by atoms with Gasteiger partial charge in [0.1, 0.15) is 23.9 Å². The van der Waals surface area contributed by atoms with Gasteiger partial charge in [-0.3, -0.25) is 9.78 Å². The number of nitrogens with one attached hydrogen (secondary N) is 2. The van der Waals surface area contributed by atoms with E-state index in [-0.39, 0.29) is 11.6 Å². The van der Waals surface area contributed by atoms with Crippen molar-refractivity contribution < 1.29 is 9.53 Å². The number of carbonyl (C=O) groups excluding carboxylic acids is 1. The minimum atomic E-state index is -0.336. The molecule has 1 amide bonds. The summed E-state index contributed by atoms with van der Waals surface area (Å²) in [5.41, 5.74) is 9.18. The predicted octanol–water partition coefficient (Wildman–Crippen LogP) is 3.16. The Labute approximate surface area is 173 Å². The molecule has 0 atom stereocenters. The largest absolute Gasteiger partial charge is 0.486 e. The third-order valence-corrected chi connectivity index (χ3v) is 4.43. The van der Waals surface area contributed by atoms with Gasteiger partial charge in [-0.25, -0.2) is 9.97 Å². The molecule has 30 heavy (non-hydrogen) atoms. The number of aromatic amines is 1. The molecule has 8 heteroatoms. The minimum Gasteiger partial charge on any atom is -0.486 e. The molecule has 4 aromatic rings. The number of ether oxygens (including phenoxy) is 1. The number of nitrogens with zero attached hydrogens (tertiary/aromatic N) is 3. The molecule has 3 aromatic heterocycles. The average molecular weight is 400 g/mol. The maximum atomic E-state index is 12.7. The van der Waals surface area contributed by atoms with Crippen LogP contribution in [0.1, 0.15) is 21.7 Å². The standard InChI is InChI=1S/C22H20N6O2/c23-12-16-5-4-15(21-25-9-10-26-21)11-20(16)28-22(29)19-7-6-18(13-27-19)30-14-17-3-1-2-8-24-17/h1-11,13H,12,14,23H2,(H,25,26)(H,28,29). The van der Waals surface area contributed by atoms with Crippen molar-refractivity contribution in [3.63, 3.8) is 0 Å². The maximum Gasteiger partial charge on any atom is 0.274 e. The first-order valence-electron chi connectivity index (χ1n) is 9.36. The van der Waals surface area contributed by atoms with Crippen molar-refractivity contribution in [2.75, 3.05) is 5.32 Å². The van der Waals surface area contributed by atoms with Crippen molar-refractivity contribution in [3.05, 3.63) is 90.3 Å². The molecule has 0 aliphatic heterocycles. The van der Waals surface area contributed by atoms with Gasteiger partial charge in [-0.15, -0.1) is 0 Å². The molecule has 0 radical (unpaired) electrons. The number of rotatable bonds is 7. The van der Waals surface area contributed by atoms with Crippen LogP contribution in [-0.4, -0.2) is 25.8 Å². The Morgan fingerprint density at radius 2 is 2.00 bits per heavy atom. The van der Waals surface area contributed by atoms with E-state index in [9.17, 15) is 4.79 Å². The summed E-state index contributed by atoms with van der Waals surface area (Å²) >= 11 is 0. The number of hydrogen-bond donors (Lipinski definition) is 3. The van der Waals surface area contributed by atoms with Crippen molar-refractivity contribution in [1.82, 2.24) is 19.9 Å². The topological polar surface area (TPSA) is 119 Å². The second-order valence-corrected chi connectivity index (χ2v) is 6.46. The molecule has 0 aliphatic carbocycles. The van der Waals surface area contributed by atoms with E-state index in [1.165, 1.54) is 6.20 Å². The van der Waals surface area contributed by atoms with E-state index in [1.807, 2.05) is 36.4 Å². The molecule has 3 heterocycles. The highest BCUT2D eigenvalue weighted by Crippen LogP contribution is 2.24. The van der Waals surface area contributed by atoms with Crippen LogP contribution in [0.25, 0.3) is 11.4 Å². The Morgan fingerprint density at radius 3 is 2.70 bits per heavy atom. The number of anilines is 1. The van der Waals surface area contributed by atoms with E-state index in [4.69, 9.17) is 10.5 Å². The number of imidazole rings is 1. The Kier molecular flexibility index (Phi) is 5.77. The number of pyridine rings is 2. The van der Waals surface area contributed by atoms with Crippen LogP contribution in [0.5, 0.6) is 5.75 Å². The highest BCUT2D eigenvalue weighted by molar-refractivity contribution is 6.03. The zero-order valence-corrected chi connectivity index (χ0v) is 16.1. The lowest BCUT2D eigenvalue weighted by Gasteiger charge is -2.11. The van der Waals surface area contributed by atoms with Crippen LogP contribution in [0.15, 0.2) is 73.3 Å². The smallest absolute Gasteiger partial charge is 0.274 e. The molecule has 0 unspecified atom stereocenters. The van der Waals surface area contributed by atoms with E-state index in [2.05, 4.69) is 25.3 Å². The van der Waals surface area contributed by atoms with Crippen molar-refractivity contribution in [2.24, 2.45) is 5.73 Å². The van der Waals surface area contributed by atoms with Gasteiger partial charge < -0.3 is 20.8 Å². The third kappa shape index (κ3) is 4.50. The summed E-state index contributed by atoms with van der Waals surface area (Å²) in [6, 6.07) is 14.5. The van der Waals surface area contributed by atoms with Gasteiger partial charge in [0.15, 0.2) is 0 Å². The first kappa shape index (κ1) is 19.3. The Bertz CT molecular complexity index is 1110. The van der Waals surface area contributed by atoms with Crippen LogP contribution in [0.4, 0.5) is 5.69 Å². The van der Waals surface area contributed by atoms with Crippen LogP contribution in [0.3, 0.4) is 0 Å². The Hall–Kier alpha value is -4.04. The monoisotopic (exact) mass is 400 g/mol. The Morgan fingerprint density at radius 1 is 1.07 bits per heavy atom. The van der Waals surface area contributed by atoms with Gasteiger partial charge in [-0.2, -0.15) is 0 Å². The molecular formula is C22H20N6O2. The molecule has 0 aliphatic rings. The molecule has 0 bridgehead atoms. The number of carbonyl (C=O) groups is 1. The van der Waals surface area contributed by atoms with E-state index >= 15 is 0 Å². The lowest BCUT2D eigenvalue weighted by molar-refractivity contribution is 0.102. The fraction of sp³-hybridized carbons (Fsp3) is 0.0909. The highest BCUT2D eigenvalue weighted by Gasteiger charge is 2.12. The number of benzene rings is 1. The SMILES string of the molecule is NCc1ccc(-c2ncc[nH]2)cc1NC(=O)c1ccc(OCc2ccccn2)cn1. The lowest BCUT2D eigenvalue weighted by atomic mass is 10.1. The van der Waals surface area contributed by atoms with Crippen LogP contribution in [0, 0.1) is 0 Å². The molecule has 4 N–H and O–H groups in total. The van der Waals surface area contributed by atoms with Crippen molar-refractivity contribution >= 4 is 11.6 Å². The fourth-order valence-electron chi connectivity index (χ4n) is 2.87. The van der Waals surface area contributed by atoms with Crippen LogP contribution in [-0.2, 0) is 13.2 Å². The summed E-state index contributed by atoms with van der Waals surface area (Å²) in [6.45, 7) is 0.620. The average Bonchev–Trinajstić information content (AvgIpc) is 3.34. The summed E-state index contributed by atoms with van der Waals surface area (Å²) in [4.78, 5) is 28.4. The van der Waals surface area contributed by atoms with Gasteiger partial charge in [0.2, 0.25) is 0 Å². The minimum absolute atomic E-state index is 0.270. The zero-order valence-electron chi connectivity index (χ0n) is 16.1. The molecule has 1 aromatic carbocycles. The maximum absolute atomic E-state index is 12.7. The quantitative estimate of drug-likeness (QED) is 0.438. The first-order chi connectivity index (χ1) is 14.7. The summed E-state index contributed by atoms with van der Waals surface area (Å²) in [5.74, 6) is 0.929. The molecule has 8 nitrogen and oxygen atoms in total. The van der Waals surface area contributed by atoms with Gasteiger partial charge in [0.25, 0.3) is 5.91 Å². The van der Waals surface area contributed by atoms with Gasteiger partial charge >= 0.3 is 0 Å². The summed E-state index contributed by atoms with van der Waals surface area (Å²) < 4.78 is 5.65. The number of amides is 1. The van der Waals surface area contributed by atoms with Gasteiger partial charge in [-0.05, 0) is 35.9 Å². The second kappa shape index (κ2) is 8.97. The third-order valence-electron chi connectivity index (χ3n) is 4.43. The predicted molar refractivity (Wildman–Crippen MR) is 113 cm³/mol. The molecule has 4 rings (SSSR count). The number of aromatic nitrogens is 4. The van der Waals surface area contributed by atoms with Crippen molar-refractivity contribution in [2.45, 2.75) is 13.2 Å². The summed E-state index contributed by atoms with van der Waals surface area (Å²) in [7, 11) is 0. The van der Waals surface area contributed by atoms with E-state index in [0.717, 1.165) is 16.8 Å². The van der Waals surface area contributed by atoms with Crippen LogP contribution in [0.2, 0.25) is 0 Å². The normalized spacial score (nSPS) is 10.6. The Balaban J connectivity index is 1.45. The molecule has 0 fully saturated rings. The van der Waals surface area contributed by atoms with E-state index in [0.29, 0.717) is 30.4 Å². The van der Waals surface area contributed by atoms with Crippen LogP contribution < -0.4 is 15.8 Å². The van der Waals surface area contributed by atoms with Gasteiger partial charge in [0.05, 0.1) is 11.9 Å². The van der Waals surface area contributed by atoms with Gasteiger partial charge in [-0.1, -0.05) is 18.2 Å². The first-order valence-corrected chi connectivity index (χ1v) is 9.36. The number of nitrogens with two attached hydrogens (primary N) is 1. The summed E-state index contributed by atoms with van der Waals surface area (Å²) in [6.07, 6.45) is 6.64. The number of hydrogen-bond acceptors (Lipinski definition) is 6. The van der Waals surface area contributed by atoms with E-state index in [1.54, 1.807) is 30.7 Å². The second-order valence-electron chi connectivity index (χ2n) is 6.46. The molecule has 0 saturated heterocycles. The van der Waals surface area contributed by atoms with Crippen LogP contribution >= 0.6 is 0 Å². The summed E-state index contributed by atoms with van der Waals surface area (Å²) in [5, 5.41) is 2.88. The van der Waals surface area contributed by atoms with Crippen molar-refractivity contribution in [3.8, 4) is 17.1 Å². The molecule has 150 valence electrons.